The standard InChI is InChI=1S/C25H24N4O2/c1-6-18(13-19(7-2)25(4,5)16-26)23(30)28-20-11-10-17(3)22(14-20)24(31)29-21-9-8-12-27-15-21/h2,6,8-15H,1,3-5H3,(H,28,30)(H,29,31). The number of hydrogen-bond acceptors (Lipinski definition) is 4. The first-order valence-corrected chi connectivity index (χ1v) is 9.61. The molecule has 0 aliphatic rings. The van der Waals surface area contributed by atoms with E-state index in [-0.39, 0.29) is 5.91 Å². The number of amides is 2. The number of aryl methyl sites for hydroxylation is 1. The quantitative estimate of drug-likeness (QED) is 0.411. The van der Waals surface area contributed by atoms with Crippen LogP contribution in [0.4, 0.5) is 11.4 Å². The zero-order valence-electron chi connectivity index (χ0n) is 18.0. The number of nitriles is 1. The topological polar surface area (TPSA) is 94.9 Å². The minimum absolute atomic E-state index is 0.307. The molecule has 1 heterocycles. The Bertz CT molecular complexity index is 1130. The zero-order valence-corrected chi connectivity index (χ0v) is 18.0. The summed E-state index contributed by atoms with van der Waals surface area (Å²) in [4.78, 5) is 29.4. The van der Waals surface area contributed by atoms with Crippen molar-refractivity contribution in [1.82, 2.24) is 4.98 Å². The third-order valence-corrected chi connectivity index (χ3v) is 4.64. The van der Waals surface area contributed by atoms with Crippen molar-refractivity contribution in [3.05, 3.63) is 77.2 Å². The lowest BCUT2D eigenvalue weighted by Crippen LogP contribution is -2.18. The summed E-state index contributed by atoms with van der Waals surface area (Å²) >= 11 is 0. The van der Waals surface area contributed by atoms with Crippen molar-refractivity contribution in [2.24, 2.45) is 5.41 Å². The Labute approximate surface area is 182 Å². The fraction of sp³-hybridized carbons (Fsp3) is 0.200. The van der Waals surface area contributed by atoms with Gasteiger partial charge in [0.25, 0.3) is 11.8 Å². The number of pyridine rings is 1. The second-order valence-corrected chi connectivity index (χ2v) is 7.36. The molecular formula is C25H24N4O2. The van der Waals surface area contributed by atoms with Crippen LogP contribution in [0.3, 0.4) is 0 Å². The van der Waals surface area contributed by atoms with Crippen molar-refractivity contribution in [2.45, 2.75) is 27.7 Å². The molecule has 0 saturated heterocycles. The lowest BCUT2D eigenvalue weighted by molar-refractivity contribution is -0.112. The van der Waals surface area contributed by atoms with Gasteiger partial charge in [-0.3, -0.25) is 14.6 Å². The number of aromatic nitrogens is 1. The first-order chi connectivity index (χ1) is 14.7. The average molecular weight is 412 g/mol. The number of nitrogens with one attached hydrogen (secondary N) is 2. The lowest BCUT2D eigenvalue weighted by atomic mass is 9.85. The molecule has 2 amide bonds. The van der Waals surface area contributed by atoms with E-state index >= 15 is 0 Å². The van der Waals surface area contributed by atoms with Crippen LogP contribution in [0.5, 0.6) is 0 Å². The van der Waals surface area contributed by atoms with Crippen LogP contribution in [-0.2, 0) is 4.79 Å². The predicted octanol–water partition coefficient (Wildman–Crippen LogP) is 4.64. The first-order valence-electron chi connectivity index (χ1n) is 9.61. The number of rotatable bonds is 6. The summed E-state index contributed by atoms with van der Waals surface area (Å²) in [6.07, 6.45) is 11.9. The van der Waals surface area contributed by atoms with E-state index in [9.17, 15) is 14.9 Å². The van der Waals surface area contributed by atoms with Crippen LogP contribution in [0, 0.1) is 36.0 Å². The summed E-state index contributed by atoms with van der Waals surface area (Å²) in [5.74, 6) is 1.79. The second kappa shape index (κ2) is 10.0. The van der Waals surface area contributed by atoms with E-state index in [0.29, 0.717) is 28.1 Å². The van der Waals surface area contributed by atoms with Gasteiger partial charge in [-0.15, -0.1) is 6.42 Å². The monoisotopic (exact) mass is 412 g/mol. The van der Waals surface area contributed by atoms with E-state index in [0.717, 1.165) is 5.56 Å². The number of benzene rings is 1. The highest BCUT2D eigenvalue weighted by Crippen LogP contribution is 2.26. The van der Waals surface area contributed by atoms with Crippen LogP contribution in [-0.4, -0.2) is 16.8 Å². The van der Waals surface area contributed by atoms with Crippen LogP contribution in [0.1, 0.15) is 36.7 Å². The number of hydrogen-bond donors (Lipinski definition) is 2. The molecule has 2 aromatic rings. The van der Waals surface area contributed by atoms with Gasteiger partial charge in [0.2, 0.25) is 0 Å². The van der Waals surface area contributed by atoms with Gasteiger partial charge in [-0.25, -0.2) is 0 Å². The minimum Gasteiger partial charge on any atom is -0.322 e. The Balaban J connectivity index is 2.25. The molecule has 1 aromatic carbocycles. The maximum Gasteiger partial charge on any atom is 0.256 e. The van der Waals surface area contributed by atoms with Gasteiger partial charge in [0.15, 0.2) is 0 Å². The van der Waals surface area contributed by atoms with Crippen LogP contribution in [0.15, 0.2) is 66.0 Å². The molecule has 0 atom stereocenters. The van der Waals surface area contributed by atoms with Crippen molar-refractivity contribution in [1.29, 1.82) is 5.26 Å². The van der Waals surface area contributed by atoms with Gasteiger partial charge in [-0.05, 0) is 63.6 Å². The molecular weight excluding hydrogens is 388 g/mol. The van der Waals surface area contributed by atoms with Crippen LogP contribution in [0.25, 0.3) is 0 Å². The number of allylic oxidation sites excluding steroid dienone is 2. The summed E-state index contributed by atoms with van der Waals surface area (Å²) < 4.78 is 0. The molecule has 0 aliphatic carbocycles. The zero-order chi connectivity index (χ0) is 23.0. The summed E-state index contributed by atoms with van der Waals surface area (Å²) in [6.45, 7) is 6.90. The Kier molecular flexibility index (Phi) is 7.49. The Morgan fingerprint density at radius 2 is 1.94 bits per heavy atom. The van der Waals surface area contributed by atoms with Crippen LogP contribution < -0.4 is 10.6 Å². The van der Waals surface area contributed by atoms with Crippen molar-refractivity contribution >= 4 is 23.2 Å². The fourth-order valence-corrected chi connectivity index (χ4v) is 2.68. The summed E-state index contributed by atoms with van der Waals surface area (Å²) in [6, 6.07) is 10.7. The molecule has 0 aliphatic heterocycles. The van der Waals surface area contributed by atoms with Gasteiger partial charge in [-0.1, -0.05) is 18.1 Å². The highest BCUT2D eigenvalue weighted by atomic mass is 16.2. The van der Waals surface area contributed by atoms with Gasteiger partial charge >= 0.3 is 0 Å². The third kappa shape index (κ3) is 5.91. The minimum atomic E-state index is -0.898. The van der Waals surface area contributed by atoms with E-state index in [4.69, 9.17) is 6.42 Å². The van der Waals surface area contributed by atoms with Crippen molar-refractivity contribution in [2.75, 3.05) is 10.6 Å². The predicted molar refractivity (Wildman–Crippen MR) is 122 cm³/mol. The van der Waals surface area contributed by atoms with Crippen molar-refractivity contribution < 1.29 is 9.59 Å². The number of carbonyl (C=O) groups excluding carboxylic acids is 2. The first kappa shape index (κ1) is 23.1. The van der Waals surface area contributed by atoms with Crippen LogP contribution in [0.2, 0.25) is 0 Å². The molecule has 0 unspecified atom stereocenters. The Morgan fingerprint density at radius 1 is 1.19 bits per heavy atom. The largest absolute Gasteiger partial charge is 0.322 e. The average Bonchev–Trinajstić information content (AvgIpc) is 2.76. The van der Waals surface area contributed by atoms with E-state index < -0.39 is 11.3 Å². The molecule has 0 saturated carbocycles. The van der Waals surface area contributed by atoms with E-state index in [1.54, 1.807) is 69.6 Å². The molecule has 2 rings (SSSR count). The van der Waals surface area contributed by atoms with Crippen LogP contribution >= 0.6 is 0 Å². The van der Waals surface area contributed by atoms with E-state index in [1.807, 2.05) is 6.92 Å². The maximum atomic E-state index is 12.8. The van der Waals surface area contributed by atoms with Crippen molar-refractivity contribution in [3.8, 4) is 18.4 Å². The molecule has 0 radical (unpaired) electrons. The lowest BCUT2D eigenvalue weighted by Gasteiger charge is -2.16. The number of nitrogens with zero attached hydrogens (tertiary/aromatic N) is 2. The van der Waals surface area contributed by atoms with E-state index in [2.05, 4.69) is 27.6 Å². The third-order valence-electron chi connectivity index (χ3n) is 4.64. The Morgan fingerprint density at radius 3 is 2.52 bits per heavy atom. The number of terminal acetylenes is 1. The molecule has 2 N–H and O–H groups in total. The smallest absolute Gasteiger partial charge is 0.256 e. The molecule has 0 fully saturated rings. The van der Waals surface area contributed by atoms with E-state index in [1.165, 1.54) is 6.08 Å². The highest BCUT2D eigenvalue weighted by molar-refractivity contribution is 6.08. The molecule has 0 spiro atoms. The van der Waals surface area contributed by atoms with Crippen molar-refractivity contribution in [3.63, 3.8) is 0 Å². The van der Waals surface area contributed by atoms with Gasteiger partial charge < -0.3 is 10.6 Å². The summed E-state index contributed by atoms with van der Waals surface area (Å²) in [5, 5.41) is 14.9. The maximum absolute atomic E-state index is 12.8. The normalized spacial score (nSPS) is 11.8. The number of anilines is 2. The highest BCUT2D eigenvalue weighted by Gasteiger charge is 2.22. The molecule has 6 nitrogen and oxygen atoms in total. The number of carbonyl (C=O) groups is 2. The molecule has 156 valence electrons. The second-order valence-electron chi connectivity index (χ2n) is 7.36. The summed E-state index contributed by atoms with van der Waals surface area (Å²) in [7, 11) is 0. The molecule has 0 bridgehead atoms. The molecule has 6 heteroatoms. The Hall–Kier alpha value is -4.16. The molecule has 31 heavy (non-hydrogen) atoms. The van der Waals surface area contributed by atoms with Gasteiger partial charge in [0, 0.05) is 28.6 Å². The van der Waals surface area contributed by atoms with Gasteiger partial charge in [0.1, 0.15) is 0 Å². The SMILES string of the molecule is C#CC(=CC(=CC)C(=O)Nc1ccc(C)c(C(=O)Nc2cccnc2)c1)C(C)(C)C#N. The fourth-order valence-electron chi connectivity index (χ4n) is 2.68. The molecule has 1 aromatic heterocycles. The van der Waals surface area contributed by atoms with Gasteiger partial charge in [-0.2, -0.15) is 5.26 Å². The summed E-state index contributed by atoms with van der Waals surface area (Å²) in [5.41, 5.74) is 2.04. The van der Waals surface area contributed by atoms with Gasteiger partial charge in [0.05, 0.1) is 23.4 Å².